The van der Waals surface area contributed by atoms with Crippen LogP contribution < -0.4 is 9.47 Å². The number of halogens is 8. The first kappa shape index (κ1) is 34.3. The van der Waals surface area contributed by atoms with Gasteiger partial charge in [0, 0.05) is 5.56 Å². The van der Waals surface area contributed by atoms with Crippen molar-refractivity contribution in [2.45, 2.75) is 76.7 Å². The highest BCUT2D eigenvalue weighted by Crippen LogP contribution is 2.40. The number of hydrogen-bond acceptors (Lipinski definition) is 2. The highest BCUT2D eigenvalue weighted by molar-refractivity contribution is 5.71. The van der Waals surface area contributed by atoms with Crippen molar-refractivity contribution in [2.24, 2.45) is 5.92 Å². The van der Waals surface area contributed by atoms with Crippen LogP contribution in [0.1, 0.15) is 75.3 Å². The van der Waals surface area contributed by atoms with Crippen molar-refractivity contribution >= 4 is 0 Å². The van der Waals surface area contributed by atoms with Crippen molar-refractivity contribution in [3.63, 3.8) is 0 Å². The SMILES string of the molecule is CCCCCC1CCC(c2ccc(-c3ccc(-c4cc(F)c(C(F)(F)Oc5ccc(OC(F)(F)F)cc5)c(F)c4)c(F)c3)cc2)CC1. The van der Waals surface area contributed by atoms with Gasteiger partial charge in [-0.15, -0.1) is 13.2 Å². The average molecular weight is 663 g/mol. The first-order valence-corrected chi connectivity index (χ1v) is 15.7. The molecular weight excluding hydrogens is 628 g/mol. The lowest BCUT2D eigenvalue weighted by molar-refractivity contribution is -0.274. The van der Waals surface area contributed by atoms with E-state index in [1.54, 1.807) is 6.07 Å². The highest BCUT2D eigenvalue weighted by Gasteiger charge is 2.41. The maximum absolute atomic E-state index is 15.3. The molecule has 0 unspecified atom stereocenters. The van der Waals surface area contributed by atoms with Gasteiger partial charge in [0.2, 0.25) is 0 Å². The molecule has 1 saturated carbocycles. The summed E-state index contributed by atoms with van der Waals surface area (Å²) < 4.78 is 120. The van der Waals surface area contributed by atoms with E-state index in [0.717, 1.165) is 36.5 Å². The lowest BCUT2D eigenvalue weighted by Gasteiger charge is -2.29. The summed E-state index contributed by atoms with van der Waals surface area (Å²) in [6, 6.07) is 16.1. The maximum Gasteiger partial charge on any atom is 0.573 e. The molecule has 0 heterocycles. The van der Waals surface area contributed by atoms with Crippen LogP contribution in [-0.2, 0) is 6.11 Å². The minimum atomic E-state index is -5.00. The summed E-state index contributed by atoms with van der Waals surface area (Å²) in [5.41, 5.74) is 0.306. The van der Waals surface area contributed by atoms with Gasteiger partial charge in [0.1, 0.15) is 34.5 Å². The van der Waals surface area contributed by atoms with Crippen LogP contribution in [0.15, 0.2) is 78.9 Å². The summed E-state index contributed by atoms with van der Waals surface area (Å²) >= 11 is 0. The predicted octanol–water partition coefficient (Wildman–Crippen LogP) is 12.3. The molecule has 10 heteroatoms. The van der Waals surface area contributed by atoms with E-state index in [2.05, 4.69) is 28.5 Å². The minimum absolute atomic E-state index is 0.199. The Hall–Kier alpha value is -4.08. The van der Waals surface area contributed by atoms with Crippen LogP contribution in [0.3, 0.4) is 0 Å². The second-order valence-corrected chi connectivity index (χ2v) is 12.0. The van der Waals surface area contributed by atoms with E-state index >= 15 is 4.39 Å². The lowest BCUT2D eigenvalue weighted by atomic mass is 9.77. The maximum atomic E-state index is 15.3. The van der Waals surface area contributed by atoms with Gasteiger partial charge in [-0.25, -0.2) is 13.2 Å². The van der Waals surface area contributed by atoms with Gasteiger partial charge < -0.3 is 9.47 Å². The van der Waals surface area contributed by atoms with E-state index in [4.69, 9.17) is 0 Å². The molecular formula is C37H34F8O2. The first-order chi connectivity index (χ1) is 22.3. The van der Waals surface area contributed by atoms with Crippen molar-refractivity contribution in [2.75, 3.05) is 0 Å². The Morgan fingerprint density at radius 3 is 1.72 bits per heavy atom. The third kappa shape index (κ3) is 8.64. The molecule has 1 fully saturated rings. The molecule has 0 amide bonds. The molecule has 0 aliphatic heterocycles. The Balaban J connectivity index is 1.26. The van der Waals surface area contributed by atoms with E-state index in [1.807, 2.05) is 12.1 Å². The molecule has 0 N–H and O–H groups in total. The zero-order valence-corrected chi connectivity index (χ0v) is 25.7. The third-order valence-corrected chi connectivity index (χ3v) is 8.69. The Bertz CT molecular complexity index is 1620. The molecule has 47 heavy (non-hydrogen) atoms. The summed E-state index contributed by atoms with van der Waals surface area (Å²) in [6.45, 7) is 2.22. The van der Waals surface area contributed by atoms with Crippen LogP contribution >= 0.6 is 0 Å². The van der Waals surface area contributed by atoms with Gasteiger partial charge in [-0.3, -0.25) is 0 Å². The molecule has 0 spiro atoms. The molecule has 4 aromatic rings. The topological polar surface area (TPSA) is 18.5 Å². The summed E-state index contributed by atoms with van der Waals surface area (Å²) in [5.74, 6) is -4.28. The number of alkyl halides is 5. The summed E-state index contributed by atoms with van der Waals surface area (Å²) in [4.78, 5) is 0. The molecule has 1 aliphatic carbocycles. The molecule has 1 aliphatic rings. The number of unbranched alkanes of at least 4 members (excludes halogenated alkanes) is 2. The largest absolute Gasteiger partial charge is 0.573 e. The van der Waals surface area contributed by atoms with E-state index in [9.17, 15) is 30.7 Å². The van der Waals surface area contributed by atoms with E-state index in [-0.39, 0.29) is 11.1 Å². The zero-order chi connectivity index (χ0) is 33.8. The summed E-state index contributed by atoms with van der Waals surface area (Å²) in [7, 11) is 0. The molecule has 2 nitrogen and oxygen atoms in total. The normalized spacial score (nSPS) is 17.0. The van der Waals surface area contributed by atoms with Gasteiger partial charge in [0.25, 0.3) is 0 Å². The van der Waals surface area contributed by atoms with Crippen molar-refractivity contribution in [3.05, 3.63) is 107 Å². The fourth-order valence-electron chi connectivity index (χ4n) is 6.26. The van der Waals surface area contributed by atoms with Crippen molar-refractivity contribution in [3.8, 4) is 33.8 Å². The van der Waals surface area contributed by atoms with Gasteiger partial charge in [0.15, 0.2) is 0 Å². The van der Waals surface area contributed by atoms with Crippen LogP contribution in [0.5, 0.6) is 11.5 Å². The molecule has 0 aromatic heterocycles. The Morgan fingerprint density at radius 1 is 0.617 bits per heavy atom. The van der Waals surface area contributed by atoms with E-state index < -0.39 is 47.0 Å². The van der Waals surface area contributed by atoms with Crippen molar-refractivity contribution in [1.29, 1.82) is 0 Å². The standard InChI is InChI=1S/C37H34F8O2/c1-2-3-4-5-23-6-8-24(9-7-23)25-10-12-26(13-11-25)27-14-19-31(32(38)20-27)28-21-33(39)35(34(40)22-28)36(41,42)46-29-15-17-30(18-16-29)47-37(43,44)45/h10-24H,2-9H2,1H3. The molecule has 5 rings (SSSR count). The van der Waals surface area contributed by atoms with Crippen LogP contribution in [0, 0.1) is 23.4 Å². The molecule has 0 bridgehead atoms. The summed E-state index contributed by atoms with van der Waals surface area (Å²) in [6.07, 6.45) is 0.316. The van der Waals surface area contributed by atoms with Gasteiger partial charge in [0.05, 0.1) is 0 Å². The van der Waals surface area contributed by atoms with Crippen molar-refractivity contribution < 1.29 is 44.6 Å². The smallest absolute Gasteiger partial charge is 0.429 e. The number of benzene rings is 4. The molecule has 0 atom stereocenters. The molecule has 250 valence electrons. The fourth-order valence-corrected chi connectivity index (χ4v) is 6.26. The number of rotatable bonds is 11. The van der Waals surface area contributed by atoms with Gasteiger partial charge in [-0.1, -0.05) is 69.0 Å². The average Bonchev–Trinajstić information content (AvgIpc) is 3.01. The van der Waals surface area contributed by atoms with Gasteiger partial charge in [-0.2, -0.15) is 8.78 Å². The Morgan fingerprint density at radius 2 is 1.17 bits per heavy atom. The van der Waals surface area contributed by atoms with Crippen LogP contribution in [-0.4, -0.2) is 6.36 Å². The lowest BCUT2D eigenvalue weighted by Crippen LogP contribution is -2.25. The zero-order valence-electron chi connectivity index (χ0n) is 25.7. The van der Waals surface area contributed by atoms with Gasteiger partial charge in [-0.05, 0) is 102 Å². The summed E-state index contributed by atoms with van der Waals surface area (Å²) in [5, 5.41) is 0. The molecule has 0 radical (unpaired) electrons. The fraction of sp³-hybridized carbons (Fsp3) is 0.351. The van der Waals surface area contributed by atoms with E-state index in [1.165, 1.54) is 56.2 Å². The Labute approximate surface area is 268 Å². The monoisotopic (exact) mass is 662 g/mol. The number of ether oxygens (including phenoxy) is 2. The van der Waals surface area contributed by atoms with Crippen LogP contribution in [0.2, 0.25) is 0 Å². The number of hydrogen-bond donors (Lipinski definition) is 0. The van der Waals surface area contributed by atoms with E-state index in [0.29, 0.717) is 35.7 Å². The third-order valence-electron chi connectivity index (χ3n) is 8.69. The predicted molar refractivity (Wildman–Crippen MR) is 164 cm³/mol. The Kier molecular flexibility index (Phi) is 10.5. The van der Waals surface area contributed by atoms with Crippen molar-refractivity contribution in [1.82, 2.24) is 0 Å². The van der Waals surface area contributed by atoms with Crippen LogP contribution in [0.4, 0.5) is 35.1 Å². The second kappa shape index (κ2) is 14.4. The highest BCUT2D eigenvalue weighted by atomic mass is 19.4. The molecule has 4 aromatic carbocycles. The quantitative estimate of drug-likeness (QED) is 0.118. The second-order valence-electron chi connectivity index (χ2n) is 12.0. The van der Waals surface area contributed by atoms with Crippen LogP contribution in [0.25, 0.3) is 22.3 Å². The minimum Gasteiger partial charge on any atom is -0.429 e. The van der Waals surface area contributed by atoms with Gasteiger partial charge >= 0.3 is 12.5 Å². The molecule has 0 saturated heterocycles. The first-order valence-electron chi connectivity index (χ1n) is 15.7.